The molecule has 0 fully saturated rings. The lowest BCUT2D eigenvalue weighted by atomic mass is 9.80. The molecule has 4 heteroatoms. The molecule has 1 rings (SSSR count). The van der Waals surface area contributed by atoms with E-state index in [-0.39, 0.29) is 17.1 Å². The Balaban J connectivity index is 2.67. The second kappa shape index (κ2) is 6.10. The van der Waals surface area contributed by atoms with E-state index in [1.165, 1.54) is 7.11 Å². The van der Waals surface area contributed by atoms with Gasteiger partial charge < -0.3 is 9.84 Å². The molecule has 3 nitrogen and oxygen atoms in total. The second-order valence-corrected chi connectivity index (χ2v) is 5.39. The van der Waals surface area contributed by atoms with Crippen molar-refractivity contribution in [2.75, 3.05) is 7.11 Å². The van der Waals surface area contributed by atoms with Gasteiger partial charge >= 0.3 is 5.97 Å². The van der Waals surface area contributed by atoms with E-state index in [1.54, 1.807) is 12.1 Å². The van der Waals surface area contributed by atoms with E-state index in [1.807, 2.05) is 6.07 Å². The van der Waals surface area contributed by atoms with Crippen LogP contribution in [0.15, 0.2) is 18.2 Å². The summed E-state index contributed by atoms with van der Waals surface area (Å²) in [6, 6.07) is 5.23. The molecule has 18 heavy (non-hydrogen) atoms. The van der Waals surface area contributed by atoms with Crippen molar-refractivity contribution >= 4 is 17.6 Å². The Bertz CT molecular complexity index is 427. The zero-order chi connectivity index (χ0) is 13.8. The van der Waals surface area contributed by atoms with Crippen LogP contribution in [0.4, 0.5) is 0 Å². The summed E-state index contributed by atoms with van der Waals surface area (Å²) >= 11 is 5.90. The van der Waals surface area contributed by atoms with Crippen molar-refractivity contribution < 1.29 is 14.6 Å². The number of phenolic OH excluding ortho intramolecular Hbond substituents is 1. The second-order valence-electron chi connectivity index (χ2n) is 4.98. The molecule has 0 heterocycles. The van der Waals surface area contributed by atoms with E-state index >= 15 is 0 Å². The number of phenols is 1. The smallest absolute Gasteiger partial charge is 0.305 e. The Labute approximate surface area is 113 Å². The Morgan fingerprint density at radius 1 is 1.44 bits per heavy atom. The van der Waals surface area contributed by atoms with E-state index in [4.69, 9.17) is 11.6 Å². The highest BCUT2D eigenvalue weighted by Gasteiger charge is 2.21. The number of benzene rings is 1. The molecule has 0 atom stereocenters. The van der Waals surface area contributed by atoms with Gasteiger partial charge in [0.2, 0.25) is 0 Å². The molecule has 0 aliphatic carbocycles. The minimum Gasteiger partial charge on any atom is -0.506 e. The molecule has 0 saturated heterocycles. The molecule has 0 radical (unpaired) electrons. The number of carbonyl (C=O) groups excluding carboxylic acids is 1. The summed E-state index contributed by atoms with van der Waals surface area (Å²) in [4.78, 5) is 11.1. The fourth-order valence-electron chi connectivity index (χ4n) is 1.85. The number of esters is 1. The number of hydrogen-bond donors (Lipinski definition) is 1. The van der Waals surface area contributed by atoms with E-state index in [9.17, 15) is 9.90 Å². The summed E-state index contributed by atoms with van der Waals surface area (Å²) in [5, 5.41) is 9.75. The average molecular weight is 271 g/mol. The number of hydrogen-bond acceptors (Lipinski definition) is 3. The van der Waals surface area contributed by atoms with Crippen LogP contribution in [0.5, 0.6) is 5.75 Å². The van der Waals surface area contributed by atoms with E-state index in [0.29, 0.717) is 11.4 Å². The lowest BCUT2D eigenvalue weighted by Gasteiger charge is -2.25. The molecule has 0 spiro atoms. The SMILES string of the molecule is COC(=O)CCCC(C)(C)c1ccc(O)c(Cl)c1. The number of methoxy groups -OCH3 is 1. The third kappa shape index (κ3) is 3.91. The van der Waals surface area contributed by atoms with Crippen LogP contribution in [0.25, 0.3) is 0 Å². The van der Waals surface area contributed by atoms with Gasteiger partial charge in [-0.15, -0.1) is 0 Å². The first-order valence-corrected chi connectivity index (χ1v) is 6.30. The molecule has 0 bridgehead atoms. The zero-order valence-electron chi connectivity index (χ0n) is 11.0. The number of aromatic hydroxyl groups is 1. The Morgan fingerprint density at radius 3 is 2.67 bits per heavy atom. The van der Waals surface area contributed by atoms with Crippen molar-refractivity contribution in [3.05, 3.63) is 28.8 Å². The lowest BCUT2D eigenvalue weighted by molar-refractivity contribution is -0.140. The van der Waals surface area contributed by atoms with Crippen LogP contribution in [0.2, 0.25) is 5.02 Å². The average Bonchev–Trinajstić information content (AvgIpc) is 2.32. The first-order chi connectivity index (χ1) is 8.36. The van der Waals surface area contributed by atoms with Gasteiger partial charge in [-0.3, -0.25) is 4.79 Å². The molecule has 0 aromatic heterocycles. The molecule has 1 aromatic rings. The maximum Gasteiger partial charge on any atom is 0.305 e. The molecule has 0 saturated carbocycles. The van der Waals surface area contributed by atoms with Crippen LogP contribution in [0.3, 0.4) is 0 Å². The monoisotopic (exact) mass is 270 g/mol. The predicted octanol–water partition coefficient (Wildman–Crippen LogP) is 3.67. The topological polar surface area (TPSA) is 46.5 Å². The van der Waals surface area contributed by atoms with Gasteiger partial charge in [0.25, 0.3) is 0 Å². The maximum atomic E-state index is 11.1. The van der Waals surface area contributed by atoms with Crippen molar-refractivity contribution in [2.24, 2.45) is 0 Å². The van der Waals surface area contributed by atoms with Crippen molar-refractivity contribution in [1.82, 2.24) is 0 Å². The summed E-state index contributed by atoms with van der Waals surface area (Å²) < 4.78 is 4.61. The van der Waals surface area contributed by atoms with Gasteiger partial charge in [0.15, 0.2) is 0 Å². The minimum atomic E-state index is -0.186. The van der Waals surface area contributed by atoms with Crippen LogP contribution >= 0.6 is 11.6 Å². The van der Waals surface area contributed by atoms with Gasteiger partial charge in [0.05, 0.1) is 12.1 Å². The molecule has 0 amide bonds. The normalized spacial score (nSPS) is 11.3. The van der Waals surface area contributed by atoms with Gasteiger partial charge in [-0.1, -0.05) is 31.5 Å². The van der Waals surface area contributed by atoms with Gasteiger partial charge in [0.1, 0.15) is 5.75 Å². The number of carbonyl (C=O) groups is 1. The van der Waals surface area contributed by atoms with Crippen LogP contribution in [-0.2, 0) is 14.9 Å². The van der Waals surface area contributed by atoms with Crippen LogP contribution < -0.4 is 0 Å². The van der Waals surface area contributed by atoms with Crippen molar-refractivity contribution in [2.45, 2.75) is 38.5 Å². The Morgan fingerprint density at radius 2 is 2.11 bits per heavy atom. The molecule has 0 aliphatic rings. The fourth-order valence-corrected chi connectivity index (χ4v) is 2.03. The first-order valence-electron chi connectivity index (χ1n) is 5.92. The first kappa shape index (κ1) is 14.8. The summed E-state index contributed by atoms with van der Waals surface area (Å²) in [5.41, 5.74) is 0.959. The fraction of sp³-hybridized carbons (Fsp3) is 0.500. The third-order valence-electron chi connectivity index (χ3n) is 3.14. The maximum absolute atomic E-state index is 11.1. The Kier molecular flexibility index (Phi) is 5.03. The van der Waals surface area contributed by atoms with E-state index in [2.05, 4.69) is 18.6 Å². The molecule has 100 valence electrons. The van der Waals surface area contributed by atoms with E-state index in [0.717, 1.165) is 18.4 Å². The standard InChI is InChI=1S/C14H19ClO3/c1-14(2,8-4-5-13(17)18-3)10-6-7-12(16)11(15)9-10/h6-7,9,16H,4-5,8H2,1-3H3. The zero-order valence-corrected chi connectivity index (χ0v) is 11.8. The number of rotatable bonds is 5. The van der Waals surface area contributed by atoms with Crippen molar-refractivity contribution in [3.63, 3.8) is 0 Å². The largest absolute Gasteiger partial charge is 0.506 e. The quantitative estimate of drug-likeness (QED) is 0.831. The highest BCUT2D eigenvalue weighted by molar-refractivity contribution is 6.32. The molecule has 0 aliphatic heterocycles. The lowest BCUT2D eigenvalue weighted by Crippen LogP contribution is -2.17. The molecule has 0 unspecified atom stereocenters. The van der Waals surface area contributed by atoms with Gasteiger partial charge in [0, 0.05) is 6.42 Å². The molecule has 1 aromatic carbocycles. The highest BCUT2D eigenvalue weighted by atomic mass is 35.5. The predicted molar refractivity (Wildman–Crippen MR) is 72.0 cm³/mol. The highest BCUT2D eigenvalue weighted by Crippen LogP contribution is 2.33. The minimum absolute atomic E-state index is 0.0887. The van der Waals surface area contributed by atoms with Crippen molar-refractivity contribution in [3.8, 4) is 5.75 Å². The van der Waals surface area contributed by atoms with Crippen LogP contribution in [0, 0.1) is 0 Å². The Hall–Kier alpha value is -1.22. The summed E-state index contributed by atoms with van der Waals surface area (Å²) in [6.07, 6.45) is 2.03. The van der Waals surface area contributed by atoms with Gasteiger partial charge in [-0.05, 0) is 36.0 Å². The number of halogens is 1. The van der Waals surface area contributed by atoms with Crippen LogP contribution in [0.1, 0.15) is 38.7 Å². The van der Waals surface area contributed by atoms with Crippen LogP contribution in [-0.4, -0.2) is 18.2 Å². The van der Waals surface area contributed by atoms with Crippen molar-refractivity contribution in [1.29, 1.82) is 0 Å². The third-order valence-corrected chi connectivity index (χ3v) is 3.44. The number of ether oxygens (including phenoxy) is 1. The van der Waals surface area contributed by atoms with Gasteiger partial charge in [-0.25, -0.2) is 0 Å². The van der Waals surface area contributed by atoms with Gasteiger partial charge in [-0.2, -0.15) is 0 Å². The summed E-state index contributed by atoms with van der Waals surface area (Å²) in [6.45, 7) is 4.18. The summed E-state index contributed by atoms with van der Waals surface area (Å²) in [5.74, 6) is -0.0969. The van der Waals surface area contributed by atoms with E-state index < -0.39 is 0 Å². The molecule has 1 N–H and O–H groups in total. The molecular formula is C14H19ClO3. The summed E-state index contributed by atoms with van der Waals surface area (Å²) in [7, 11) is 1.40. The molecular weight excluding hydrogens is 252 g/mol.